The van der Waals surface area contributed by atoms with Gasteiger partial charge < -0.3 is 15.1 Å². The van der Waals surface area contributed by atoms with Crippen LogP contribution in [0.3, 0.4) is 0 Å². The molecule has 1 N–H and O–H groups in total. The Morgan fingerprint density at radius 2 is 1.90 bits per heavy atom. The number of nitriles is 1. The molecule has 3 rings (SSSR count). The van der Waals surface area contributed by atoms with Gasteiger partial charge in [-0.15, -0.1) is 0 Å². The average Bonchev–Trinajstić information content (AvgIpc) is 2.74. The van der Waals surface area contributed by atoms with Crippen LogP contribution in [0.25, 0.3) is 0 Å². The Morgan fingerprint density at radius 1 is 1.17 bits per heavy atom. The van der Waals surface area contributed by atoms with E-state index < -0.39 is 11.7 Å². The smallest absolute Gasteiger partial charge is 0.258 e. The molecule has 8 heteroatoms. The van der Waals surface area contributed by atoms with Crippen LogP contribution >= 0.6 is 11.6 Å². The monoisotopic (exact) mass is 428 g/mol. The van der Waals surface area contributed by atoms with Gasteiger partial charge in [-0.25, -0.2) is 4.39 Å². The zero-order valence-corrected chi connectivity index (χ0v) is 17.4. The van der Waals surface area contributed by atoms with Gasteiger partial charge in [0.05, 0.1) is 27.9 Å². The molecule has 0 aromatic heterocycles. The van der Waals surface area contributed by atoms with Gasteiger partial charge >= 0.3 is 0 Å². The van der Waals surface area contributed by atoms with Crippen molar-refractivity contribution in [2.24, 2.45) is 0 Å². The zero-order valence-electron chi connectivity index (χ0n) is 16.6. The van der Waals surface area contributed by atoms with Gasteiger partial charge in [0.15, 0.2) is 0 Å². The van der Waals surface area contributed by atoms with Crippen molar-refractivity contribution in [3.8, 4) is 6.07 Å². The lowest BCUT2D eigenvalue weighted by Gasteiger charge is -2.36. The standard InChI is InChI=1S/C22H22ClFN4O2/c1-2-3-21(29)28-10-8-27(9-11-28)20-7-5-16(13-18(20)23)26-22(30)17-6-4-15(14-25)12-19(17)24/h4-7,12-13H,2-3,8-11H2,1H3,(H,26,30). The number of hydrogen-bond acceptors (Lipinski definition) is 4. The molecule has 1 saturated heterocycles. The molecule has 0 unspecified atom stereocenters. The van der Waals surface area contributed by atoms with E-state index in [0.717, 1.165) is 18.2 Å². The van der Waals surface area contributed by atoms with Crippen LogP contribution in [0, 0.1) is 17.1 Å². The Hall–Kier alpha value is -3.11. The van der Waals surface area contributed by atoms with E-state index in [1.807, 2.05) is 17.9 Å². The van der Waals surface area contributed by atoms with E-state index in [4.69, 9.17) is 16.9 Å². The number of nitrogens with zero attached hydrogens (tertiary/aromatic N) is 3. The van der Waals surface area contributed by atoms with E-state index >= 15 is 0 Å². The van der Waals surface area contributed by atoms with Crippen LogP contribution in [0.4, 0.5) is 15.8 Å². The largest absolute Gasteiger partial charge is 0.367 e. The number of carbonyl (C=O) groups excluding carboxylic acids is 2. The van der Waals surface area contributed by atoms with Gasteiger partial charge in [-0.1, -0.05) is 18.5 Å². The van der Waals surface area contributed by atoms with E-state index in [1.54, 1.807) is 18.2 Å². The van der Waals surface area contributed by atoms with Crippen LogP contribution in [-0.2, 0) is 4.79 Å². The minimum atomic E-state index is -0.759. The molecule has 0 spiro atoms. The van der Waals surface area contributed by atoms with E-state index in [-0.39, 0.29) is 17.0 Å². The number of rotatable bonds is 5. The van der Waals surface area contributed by atoms with Crippen LogP contribution in [0.1, 0.15) is 35.7 Å². The molecule has 1 fully saturated rings. The highest BCUT2D eigenvalue weighted by atomic mass is 35.5. The van der Waals surface area contributed by atoms with Gasteiger partial charge in [0.2, 0.25) is 5.91 Å². The summed E-state index contributed by atoms with van der Waals surface area (Å²) in [6, 6.07) is 10.6. The molecule has 0 atom stereocenters. The van der Waals surface area contributed by atoms with Crippen molar-refractivity contribution in [2.45, 2.75) is 19.8 Å². The van der Waals surface area contributed by atoms with Gasteiger partial charge in [-0.05, 0) is 42.8 Å². The third-order valence-electron chi connectivity index (χ3n) is 4.99. The molecule has 6 nitrogen and oxygen atoms in total. The predicted molar refractivity (Wildman–Crippen MR) is 114 cm³/mol. The molecule has 2 aromatic carbocycles. The lowest BCUT2D eigenvalue weighted by atomic mass is 10.1. The normalized spacial score (nSPS) is 13.7. The van der Waals surface area contributed by atoms with Gasteiger partial charge in [-0.2, -0.15) is 5.26 Å². The molecule has 0 radical (unpaired) electrons. The zero-order chi connectivity index (χ0) is 21.7. The molecule has 0 aliphatic carbocycles. The third-order valence-corrected chi connectivity index (χ3v) is 5.29. The molecule has 2 amide bonds. The molecule has 30 heavy (non-hydrogen) atoms. The molecule has 1 heterocycles. The van der Waals surface area contributed by atoms with E-state index in [9.17, 15) is 14.0 Å². The molecular weight excluding hydrogens is 407 g/mol. The number of carbonyl (C=O) groups is 2. The number of amides is 2. The number of hydrogen-bond donors (Lipinski definition) is 1. The second-order valence-electron chi connectivity index (χ2n) is 7.04. The van der Waals surface area contributed by atoms with Crippen molar-refractivity contribution in [1.82, 2.24) is 4.90 Å². The highest BCUT2D eigenvalue weighted by Gasteiger charge is 2.22. The van der Waals surface area contributed by atoms with Crippen molar-refractivity contribution < 1.29 is 14.0 Å². The van der Waals surface area contributed by atoms with Crippen molar-refractivity contribution in [2.75, 3.05) is 36.4 Å². The topological polar surface area (TPSA) is 76.4 Å². The second-order valence-corrected chi connectivity index (χ2v) is 7.45. The first-order valence-corrected chi connectivity index (χ1v) is 10.1. The summed E-state index contributed by atoms with van der Waals surface area (Å²) in [4.78, 5) is 28.4. The maximum atomic E-state index is 14.0. The summed E-state index contributed by atoms with van der Waals surface area (Å²) in [5.41, 5.74) is 1.26. The maximum absolute atomic E-state index is 14.0. The Morgan fingerprint density at radius 3 is 2.50 bits per heavy atom. The molecular formula is C22H22ClFN4O2. The highest BCUT2D eigenvalue weighted by molar-refractivity contribution is 6.33. The molecule has 0 bridgehead atoms. The van der Waals surface area contributed by atoms with E-state index in [0.29, 0.717) is 43.3 Å². The number of halogens is 2. The van der Waals surface area contributed by atoms with Crippen molar-refractivity contribution >= 4 is 34.8 Å². The first kappa shape index (κ1) is 21.6. The fourth-order valence-electron chi connectivity index (χ4n) is 3.38. The van der Waals surface area contributed by atoms with Gasteiger partial charge in [-0.3, -0.25) is 9.59 Å². The number of anilines is 2. The first-order valence-electron chi connectivity index (χ1n) is 9.76. The van der Waals surface area contributed by atoms with E-state index in [1.165, 1.54) is 12.1 Å². The van der Waals surface area contributed by atoms with Crippen molar-refractivity contribution in [3.05, 3.63) is 58.4 Å². The third kappa shape index (κ3) is 4.89. The SMILES string of the molecule is CCCC(=O)N1CCN(c2ccc(NC(=O)c3ccc(C#N)cc3F)cc2Cl)CC1. The Kier molecular flexibility index (Phi) is 6.91. The van der Waals surface area contributed by atoms with Crippen LogP contribution < -0.4 is 10.2 Å². The minimum absolute atomic E-state index is 0.146. The lowest BCUT2D eigenvalue weighted by molar-refractivity contribution is -0.131. The Bertz CT molecular complexity index is 997. The first-order chi connectivity index (χ1) is 14.4. The average molecular weight is 429 g/mol. The van der Waals surface area contributed by atoms with E-state index in [2.05, 4.69) is 10.2 Å². The van der Waals surface area contributed by atoms with Crippen LogP contribution in [0.2, 0.25) is 5.02 Å². The van der Waals surface area contributed by atoms with Crippen molar-refractivity contribution in [1.29, 1.82) is 5.26 Å². The quantitative estimate of drug-likeness (QED) is 0.779. The molecule has 0 saturated carbocycles. The Labute approximate surface area is 179 Å². The van der Waals surface area contributed by atoms with Crippen LogP contribution in [-0.4, -0.2) is 42.9 Å². The fraction of sp³-hybridized carbons (Fsp3) is 0.318. The van der Waals surface area contributed by atoms with Gasteiger partial charge in [0.1, 0.15) is 5.82 Å². The number of nitrogens with one attached hydrogen (secondary N) is 1. The maximum Gasteiger partial charge on any atom is 0.258 e. The summed E-state index contributed by atoms with van der Waals surface area (Å²) in [5.74, 6) is -1.20. The predicted octanol–water partition coefficient (Wildman–Crippen LogP) is 4.05. The summed E-state index contributed by atoms with van der Waals surface area (Å²) < 4.78 is 14.0. The summed E-state index contributed by atoms with van der Waals surface area (Å²) in [5, 5.41) is 11.9. The van der Waals surface area contributed by atoms with Gasteiger partial charge in [0.25, 0.3) is 5.91 Å². The number of piperazine rings is 1. The van der Waals surface area contributed by atoms with Crippen molar-refractivity contribution in [3.63, 3.8) is 0 Å². The minimum Gasteiger partial charge on any atom is -0.367 e. The molecule has 1 aliphatic rings. The molecule has 156 valence electrons. The fourth-order valence-corrected chi connectivity index (χ4v) is 3.68. The number of benzene rings is 2. The summed E-state index contributed by atoms with van der Waals surface area (Å²) in [6.45, 7) is 4.63. The molecule has 1 aliphatic heterocycles. The lowest BCUT2D eigenvalue weighted by Crippen LogP contribution is -2.48. The second kappa shape index (κ2) is 9.59. The van der Waals surface area contributed by atoms with Crippen LogP contribution in [0.5, 0.6) is 0 Å². The van der Waals surface area contributed by atoms with Gasteiger partial charge in [0, 0.05) is 38.3 Å². The van der Waals surface area contributed by atoms with Crippen LogP contribution in [0.15, 0.2) is 36.4 Å². The summed E-state index contributed by atoms with van der Waals surface area (Å²) in [6.07, 6.45) is 1.40. The highest BCUT2D eigenvalue weighted by Crippen LogP contribution is 2.30. The summed E-state index contributed by atoms with van der Waals surface area (Å²) in [7, 11) is 0. The Balaban J connectivity index is 1.65. The molecule has 2 aromatic rings. The summed E-state index contributed by atoms with van der Waals surface area (Å²) >= 11 is 6.43.